The summed E-state index contributed by atoms with van der Waals surface area (Å²) in [6.45, 7) is 1.31. The van der Waals surface area contributed by atoms with E-state index >= 15 is 0 Å². The Balaban J connectivity index is 2.34. The number of nitrogens with one attached hydrogen (secondary N) is 1. The summed E-state index contributed by atoms with van der Waals surface area (Å²) >= 11 is 0. The van der Waals surface area contributed by atoms with Gasteiger partial charge in [0.1, 0.15) is 6.04 Å². The molecule has 2 aromatic carbocycles. The highest BCUT2D eigenvalue weighted by molar-refractivity contribution is 7.92. The summed E-state index contributed by atoms with van der Waals surface area (Å²) in [5, 5.41) is 2.17. The lowest BCUT2D eigenvalue weighted by atomic mass is 10.1. The molecule has 9 heteroatoms. The Morgan fingerprint density at radius 3 is 2.12 bits per heavy atom. The number of hydrogen-bond acceptors (Lipinski definition) is 3. The second-order valence-electron chi connectivity index (χ2n) is 5.60. The van der Waals surface area contributed by atoms with E-state index in [-0.39, 0.29) is 5.69 Å². The largest absolute Gasteiger partial charge is 0.418 e. The van der Waals surface area contributed by atoms with Crippen molar-refractivity contribution in [3.05, 3.63) is 60.2 Å². The third-order valence-corrected chi connectivity index (χ3v) is 4.83. The summed E-state index contributed by atoms with van der Waals surface area (Å²) in [7, 11) is -3.84. The average molecular weight is 386 g/mol. The zero-order valence-electron chi connectivity index (χ0n) is 14.0. The summed E-state index contributed by atoms with van der Waals surface area (Å²) in [5.74, 6) is -0.879. The molecule has 0 aliphatic rings. The second-order valence-corrected chi connectivity index (χ2v) is 7.46. The van der Waals surface area contributed by atoms with Crippen LogP contribution in [0.2, 0.25) is 0 Å². The molecule has 1 amide bonds. The molecule has 0 spiro atoms. The summed E-state index contributed by atoms with van der Waals surface area (Å²) in [6.07, 6.45) is -3.73. The first-order chi connectivity index (χ1) is 12.0. The fourth-order valence-corrected chi connectivity index (χ4v) is 3.64. The highest BCUT2D eigenvalue weighted by Gasteiger charge is 2.35. The van der Waals surface area contributed by atoms with Crippen molar-refractivity contribution in [1.82, 2.24) is 0 Å². The van der Waals surface area contributed by atoms with Gasteiger partial charge in [0.25, 0.3) is 0 Å². The molecule has 0 saturated heterocycles. The number of halogens is 3. The maximum absolute atomic E-state index is 13.1. The van der Waals surface area contributed by atoms with E-state index in [1.807, 2.05) is 0 Å². The first kappa shape index (κ1) is 19.8. The summed E-state index contributed by atoms with van der Waals surface area (Å²) < 4.78 is 64.3. The van der Waals surface area contributed by atoms with Gasteiger partial charge in [0.15, 0.2) is 0 Å². The molecule has 2 rings (SSSR count). The first-order valence-electron chi connectivity index (χ1n) is 7.53. The van der Waals surface area contributed by atoms with Crippen LogP contribution in [0.5, 0.6) is 0 Å². The quantitative estimate of drug-likeness (QED) is 0.855. The Hall–Kier alpha value is -2.55. The van der Waals surface area contributed by atoms with Crippen LogP contribution >= 0.6 is 0 Å². The van der Waals surface area contributed by atoms with Crippen LogP contribution in [0, 0.1) is 0 Å². The molecule has 0 aromatic heterocycles. The minimum Gasteiger partial charge on any atom is -0.324 e. The van der Waals surface area contributed by atoms with Crippen molar-refractivity contribution >= 4 is 27.3 Å². The van der Waals surface area contributed by atoms with Gasteiger partial charge in [0, 0.05) is 0 Å². The molecular formula is C17H17F3N2O3S. The lowest BCUT2D eigenvalue weighted by molar-refractivity contribution is -0.137. The van der Waals surface area contributed by atoms with Crippen molar-refractivity contribution in [2.75, 3.05) is 15.9 Å². The topological polar surface area (TPSA) is 66.5 Å². The Morgan fingerprint density at radius 2 is 1.58 bits per heavy atom. The number of rotatable bonds is 5. The number of para-hydroxylation sites is 2. The van der Waals surface area contributed by atoms with Crippen molar-refractivity contribution in [2.45, 2.75) is 19.1 Å². The fraction of sp³-hybridized carbons (Fsp3) is 0.235. The van der Waals surface area contributed by atoms with E-state index in [1.54, 1.807) is 18.2 Å². The predicted octanol–water partition coefficient (Wildman–Crippen LogP) is 3.50. The van der Waals surface area contributed by atoms with Crippen LogP contribution in [0.25, 0.3) is 0 Å². The molecule has 1 atom stereocenters. The number of amides is 1. The van der Waals surface area contributed by atoms with Gasteiger partial charge in [-0.3, -0.25) is 9.10 Å². The number of hydrogen-bond donors (Lipinski definition) is 1. The van der Waals surface area contributed by atoms with Gasteiger partial charge in [-0.05, 0) is 31.2 Å². The molecule has 1 unspecified atom stereocenters. The minimum absolute atomic E-state index is 0.238. The highest BCUT2D eigenvalue weighted by atomic mass is 32.2. The maximum atomic E-state index is 13.1. The molecule has 0 radical (unpaired) electrons. The Bertz CT molecular complexity index is 884. The Morgan fingerprint density at radius 1 is 1.04 bits per heavy atom. The van der Waals surface area contributed by atoms with Gasteiger partial charge in [-0.1, -0.05) is 30.3 Å². The summed E-state index contributed by atoms with van der Waals surface area (Å²) in [5.41, 5.74) is -1.20. The normalized spacial score (nSPS) is 13.1. The van der Waals surface area contributed by atoms with Crippen LogP contribution in [-0.4, -0.2) is 26.6 Å². The van der Waals surface area contributed by atoms with Crippen molar-refractivity contribution in [3.63, 3.8) is 0 Å². The fourth-order valence-electron chi connectivity index (χ4n) is 2.46. The van der Waals surface area contributed by atoms with Crippen molar-refractivity contribution < 1.29 is 26.4 Å². The van der Waals surface area contributed by atoms with Crippen molar-refractivity contribution in [3.8, 4) is 0 Å². The van der Waals surface area contributed by atoms with E-state index in [4.69, 9.17) is 0 Å². The lowest BCUT2D eigenvalue weighted by Gasteiger charge is -2.28. The number of nitrogens with zero attached hydrogens (tertiary/aromatic N) is 1. The molecule has 5 nitrogen and oxygen atoms in total. The van der Waals surface area contributed by atoms with Gasteiger partial charge in [0.2, 0.25) is 15.9 Å². The van der Waals surface area contributed by atoms with Crippen LogP contribution < -0.4 is 9.62 Å². The van der Waals surface area contributed by atoms with Gasteiger partial charge in [0.05, 0.1) is 23.2 Å². The van der Waals surface area contributed by atoms with Gasteiger partial charge in [-0.15, -0.1) is 0 Å². The van der Waals surface area contributed by atoms with E-state index in [2.05, 4.69) is 5.32 Å². The number of carbonyl (C=O) groups excluding carboxylic acids is 1. The van der Waals surface area contributed by atoms with Gasteiger partial charge < -0.3 is 5.32 Å². The first-order valence-corrected chi connectivity index (χ1v) is 9.38. The van der Waals surface area contributed by atoms with Crippen LogP contribution in [0.15, 0.2) is 54.6 Å². The minimum atomic E-state index is -4.65. The molecule has 0 aliphatic carbocycles. The molecule has 26 heavy (non-hydrogen) atoms. The number of carbonyl (C=O) groups is 1. The third kappa shape index (κ3) is 4.54. The summed E-state index contributed by atoms with van der Waals surface area (Å²) in [4.78, 5) is 12.5. The number of benzene rings is 2. The molecule has 0 saturated carbocycles. The van der Waals surface area contributed by atoms with Crippen LogP contribution in [0.3, 0.4) is 0 Å². The van der Waals surface area contributed by atoms with E-state index in [9.17, 15) is 26.4 Å². The van der Waals surface area contributed by atoms with E-state index in [0.29, 0.717) is 0 Å². The van der Waals surface area contributed by atoms with E-state index in [1.165, 1.54) is 31.2 Å². The predicted molar refractivity (Wildman–Crippen MR) is 93.3 cm³/mol. The lowest BCUT2D eigenvalue weighted by Crippen LogP contribution is -2.45. The van der Waals surface area contributed by atoms with Crippen LogP contribution in [-0.2, 0) is 21.0 Å². The molecule has 1 N–H and O–H groups in total. The molecule has 0 heterocycles. The number of alkyl halides is 3. The zero-order valence-corrected chi connectivity index (χ0v) is 14.8. The maximum Gasteiger partial charge on any atom is 0.418 e. The van der Waals surface area contributed by atoms with Gasteiger partial charge in [-0.2, -0.15) is 13.2 Å². The molecule has 2 aromatic rings. The van der Waals surface area contributed by atoms with Crippen molar-refractivity contribution in [1.29, 1.82) is 0 Å². The number of sulfonamides is 1. The van der Waals surface area contributed by atoms with E-state index in [0.717, 1.165) is 22.7 Å². The second kappa shape index (κ2) is 7.36. The van der Waals surface area contributed by atoms with Crippen LogP contribution in [0.1, 0.15) is 12.5 Å². The zero-order chi connectivity index (χ0) is 19.5. The SMILES string of the molecule is CC(C(=O)Nc1ccccc1C(F)(F)F)N(c1ccccc1)S(C)(=O)=O. The molecule has 0 bridgehead atoms. The average Bonchev–Trinajstić information content (AvgIpc) is 2.54. The molecular weight excluding hydrogens is 369 g/mol. The van der Waals surface area contributed by atoms with Crippen LogP contribution in [0.4, 0.5) is 24.5 Å². The highest BCUT2D eigenvalue weighted by Crippen LogP contribution is 2.34. The Labute approximate surface area is 149 Å². The number of anilines is 2. The smallest absolute Gasteiger partial charge is 0.324 e. The standard InChI is InChI=1S/C17H17F3N2O3S/c1-12(22(26(2,24)25)13-8-4-3-5-9-13)16(23)21-15-11-7-6-10-14(15)17(18,19)20/h3-12H,1-2H3,(H,21,23). The van der Waals surface area contributed by atoms with Crippen molar-refractivity contribution in [2.24, 2.45) is 0 Å². The Kier molecular flexibility index (Phi) is 5.60. The summed E-state index contributed by atoms with van der Waals surface area (Å²) in [6, 6.07) is 11.1. The monoisotopic (exact) mass is 386 g/mol. The van der Waals surface area contributed by atoms with Gasteiger partial charge in [-0.25, -0.2) is 8.42 Å². The molecule has 0 aliphatic heterocycles. The molecule has 0 fully saturated rings. The van der Waals surface area contributed by atoms with Gasteiger partial charge >= 0.3 is 6.18 Å². The molecule has 140 valence electrons. The third-order valence-electron chi connectivity index (χ3n) is 3.59. The van der Waals surface area contributed by atoms with E-state index < -0.39 is 39.4 Å².